The molecule has 0 heterocycles. The van der Waals surface area contributed by atoms with E-state index in [1.165, 1.54) is 12.1 Å². The first kappa shape index (κ1) is 23.2. The normalized spacial score (nSPS) is 11.7. The van der Waals surface area contributed by atoms with Crippen molar-refractivity contribution in [1.29, 1.82) is 0 Å². The van der Waals surface area contributed by atoms with Gasteiger partial charge in [-0.25, -0.2) is 26.0 Å². The molecule has 0 saturated carbocycles. The molecule has 0 radical (unpaired) electrons. The molecule has 0 aliphatic carbocycles. The van der Waals surface area contributed by atoms with Gasteiger partial charge >= 0.3 is 5.97 Å². The molecule has 0 spiro atoms. The number of aromatic carboxylic acids is 1. The van der Waals surface area contributed by atoms with Crippen molar-refractivity contribution in [2.24, 2.45) is 0 Å². The highest BCUT2D eigenvalue weighted by atomic mass is 32.2. The average molecular weight is 479 g/mol. The van der Waals surface area contributed by atoms with Gasteiger partial charge in [-0.1, -0.05) is 18.2 Å². The van der Waals surface area contributed by atoms with Gasteiger partial charge < -0.3 is 5.11 Å². The van der Waals surface area contributed by atoms with Crippen molar-refractivity contribution in [3.63, 3.8) is 0 Å². The second-order valence-corrected chi connectivity index (χ2v) is 10.4. The summed E-state index contributed by atoms with van der Waals surface area (Å²) in [6, 6.07) is 13.0. The van der Waals surface area contributed by atoms with Crippen LogP contribution in [0.4, 0.5) is 15.8 Å². The maximum atomic E-state index is 13.6. The van der Waals surface area contributed by atoms with Gasteiger partial charge in [0.25, 0.3) is 20.0 Å². The number of hydrogen-bond acceptors (Lipinski definition) is 5. The molecule has 0 amide bonds. The molecule has 3 N–H and O–H groups in total. The van der Waals surface area contributed by atoms with Gasteiger partial charge in [0, 0.05) is 5.69 Å². The molecule has 0 unspecified atom stereocenters. The Morgan fingerprint density at radius 2 is 1.47 bits per heavy atom. The lowest BCUT2D eigenvalue weighted by atomic mass is 10.2. The van der Waals surface area contributed by atoms with Crippen LogP contribution in [-0.4, -0.2) is 27.9 Å². The number of hydrogen-bond donors (Lipinski definition) is 3. The number of carboxylic acid groups (broad SMARTS) is 1. The number of benzene rings is 3. The smallest absolute Gasteiger partial charge is 0.338 e. The first-order chi connectivity index (χ1) is 14.9. The number of nitrogens with one attached hydrogen (secondary N) is 2. The molecular formula is C21H19FN2O6S2. The summed E-state index contributed by atoms with van der Waals surface area (Å²) in [5.74, 6) is -2.70. The highest BCUT2D eigenvalue weighted by molar-refractivity contribution is 7.93. The minimum absolute atomic E-state index is 0.0293. The molecule has 0 aliphatic rings. The van der Waals surface area contributed by atoms with E-state index >= 15 is 0 Å². The van der Waals surface area contributed by atoms with Crippen molar-refractivity contribution in [2.45, 2.75) is 23.6 Å². The van der Waals surface area contributed by atoms with E-state index in [1.54, 1.807) is 25.1 Å². The minimum atomic E-state index is -4.33. The van der Waals surface area contributed by atoms with Crippen molar-refractivity contribution >= 4 is 37.4 Å². The van der Waals surface area contributed by atoms with Gasteiger partial charge in [0.1, 0.15) is 5.82 Å². The quantitative estimate of drug-likeness (QED) is 0.474. The third kappa shape index (κ3) is 5.06. The summed E-state index contributed by atoms with van der Waals surface area (Å²) in [5.41, 5.74) is 0.785. The molecule has 3 aromatic rings. The molecule has 11 heteroatoms. The molecule has 0 saturated heterocycles. The van der Waals surface area contributed by atoms with Gasteiger partial charge in [0.2, 0.25) is 0 Å². The first-order valence-electron chi connectivity index (χ1n) is 9.15. The van der Waals surface area contributed by atoms with E-state index in [0.717, 1.165) is 23.8 Å². The Balaban J connectivity index is 1.95. The van der Waals surface area contributed by atoms with Crippen LogP contribution in [0.2, 0.25) is 0 Å². The second kappa shape index (κ2) is 8.60. The van der Waals surface area contributed by atoms with Crippen LogP contribution in [0, 0.1) is 19.7 Å². The fraction of sp³-hybridized carbons (Fsp3) is 0.0952. The van der Waals surface area contributed by atoms with Crippen molar-refractivity contribution in [3.8, 4) is 0 Å². The van der Waals surface area contributed by atoms with Gasteiger partial charge in [-0.3, -0.25) is 9.44 Å². The summed E-state index contributed by atoms with van der Waals surface area (Å²) in [5, 5.41) is 9.02. The van der Waals surface area contributed by atoms with Crippen LogP contribution in [0.5, 0.6) is 0 Å². The Hall–Kier alpha value is -3.44. The van der Waals surface area contributed by atoms with E-state index in [-0.39, 0.29) is 10.6 Å². The lowest BCUT2D eigenvalue weighted by Gasteiger charge is -2.14. The standard InChI is InChI=1S/C21H19FN2O6S2/c1-13-4-3-5-15(10-13)23-31(27,28)17-7-6-14(2)20(12-17)24-32(29,30)16-8-9-19(22)18(11-16)21(25)26/h3-12,23-24H,1-2H3,(H,25,26). The Bertz CT molecular complexity index is 1420. The maximum Gasteiger partial charge on any atom is 0.338 e. The Morgan fingerprint density at radius 1 is 0.844 bits per heavy atom. The summed E-state index contributed by atoms with van der Waals surface area (Å²) in [6.07, 6.45) is 0. The van der Waals surface area contributed by atoms with Crippen LogP contribution >= 0.6 is 0 Å². The van der Waals surface area contributed by atoms with Crippen LogP contribution in [0.25, 0.3) is 0 Å². The summed E-state index contributed by atoms with van der Waals surface area (Å²) in [6.45, 7) is 3.37. The molecule has 3 aromatic carbocycles. The first-order valence-corrected chi connectivity index (χ1v) is 12.1. The molecule has 168 valence electrons. The van der Waals surface area contributed by atoms with E-state index in [2.05, 4.69) is 9.44 Å². The third-order valence-electron chi connectivity index (χ3n) is 4.51. The van der Waals surface area contributed by atoms with Crippen LogP contribution in [0.15, 0.2) is 70.5 Å². The van der Waals surface area contributed by atoms with E-state index in [0.29, 0.717) is 17.3 Å². The number of sulfonamides is 2. The van der Waals surface area contributed by atoms with Crippen molar-refractivity contribution in [3.05, 3.63) is 83.2 Å². The van der Waals surface area contributed by atoms with E-state index in [1.807, 2.05) is 13.0 Å². The van der Waals surface area contributed by atoms with Crippen LogP contribution in [0.1, 0.15) is 21.5 Å². The molecule has 0 fully saturated rings. The van der Waals surface area contributed by atoms with Crippen LogP contribution in [-0.2, 0) is 20.0 Å². The van der Waals surface area contributed by atoms with Gasteiger partial charge in [-0.2, -0.15) is 0 Å². The van der Waals surface area contributed by atoms with E-state index < -0.39 is 42.3 Å². The Labute approximate surface area is 184 Å². The monoisotopic (exact) mass is 478 g/mol. The maximum absolute atomic E-state index is 13.6. The van der Waals surface area contributed by atoms with Crippen LogP contribution in [0.3, 0.4) is 0 Å². The minimum Gasteiger partial charge on any atom is -0.478 e. The molecule has 0 aromatic heterocycles. The molecule has 32 heavy (non-hydrogen) atoms. The predicted molar refractivity (Wildman–Crippen MR) is 117 cm³/mol. The molecule has 0 bridgehead atoms. The number of aryl methyl sites for hydroxylation is 2. The van der Waals surface area contributed by atoms with Crippen molar-refractivity contribution in [1.82, 2.24) is 0 Å². The Morgan fingerprint density at radius 3 is 2.12 bits per heavy atom. The summed E-state index contributed by atoms with van der Waals surface area (Å²) >= 11 is 0. The number of carboxylic acids is 1. The van der Waals surface area contributed by atoms with Crippen molar-refractivity contribution in [2.75, 3.05) is 9.44 Å². The number of anilines is 2. The zero-order valence-electron chi connectivity index (χ0n) is 17.0. The van der Waals surface area contributed by atoms with Crippen molar-refractivity contribution < 1.29 is 31.1 Å². The van der Waals surface area contributed by atoms with Crippen LogP contribution < -0.4 is 9.44 Å². The fourth-order valence-electron chi connectivity index (χ4n) is 2.84. The number of carbonyl (C=O) groups is 1. The number of halogens is 1. The number of rotatable bonds is 7. The summed E-state index contributed by atoms with van der Waals surface area (Å²) in [7, 11) is -8.36. The zero-order chi connectivity index (χ0) is 23.7. The van der Waals surface area contributed by atoms with E-state index in [9.17, 15) is 26.0 Å². The predicted octanol–water partition coefficient (Wildman–Crippen LogP) is 3.74. The van der Waals surface area contributed by atoms with Gasteiger partial charge in [-0.05, 0) is 67.4 Å². The Kier molecular flexibility index (Phi) is 6.24. The molecular weight excluding hydrogens is 459 g/mol. The molecule has 0 aliphatic heterocycles. The fourth-order valence-corrected chi connectivity index (χ4v) is 5.06. The highest BCUT2D eigenvalue weighted by Crippen LogP contribution is 2.26. The largest absolute Gasteiger partial charge is 0.478 e. The molecule has 3 rings (SSSR count). The lowest BCUT2D eigenvalue weighted by molar-refractivity contribution is 0.0691. The summed E-state index contributed by atoms with van der Waals surface area (Å²) < 4.78 is 69.3. The third-order valence-corrected chi connectivity index (χ3v) is 7.25. The topological polar surface area (TPSA) is 130 Å². The van der Waals surface area contributed by atoms with Gasteiger partial charge in [0.05, 0.1) is 21.0 Å². The second-order valence-electron chi connectivity index (χ2n) is 7.00. The average Bonchev–Trinajstić information content (AvgIpc) is 2.69. The van der Waals surface area contributed by atoms with Gasteiger partial charge in [-0.15, -0.1) is 0 Å². The molecule has 8 nitrogen and oxygen atoms in total. The lowest BCUT2D eigenvalue weighted by Crippen LogP contribution is -2.17. The summed E-state index contributed by atoms with van der Waals surface area (Å²) in [4.78, 5) is 10.4. The molecule has 0 atom stereocenters. The van der Waals surface area contributed by atoms with E-state index in [4.69, 9.17) is 5.11 Å². The highest BCUT2D eigenvalue weighted by Gasteiger charge is 2.22. The SMILES string of the molecule is Cc1cccc(NS(=O)(=O)c2ccc(C)c(NS(=O)(=O)c3ccc(F)c(C(=O)O)c3)c2)c1. The van der Waals surface area contributed by atoms with Gasteiger partial charge in [0.15, 0.2) is 0 Å². The zero-order valence-corrected chi connectivity index (χ0v) is 18.6.